The van der Waals surface area contributed by atoms with Gasteiger partial charge in [-0.2, -0.15) is 0 Å². The van der Waals surface area contributed by atoms with Gasteiger partial charge in [-0.05, 0) is 36.8 Å². The van der Waals surface area contributed by atoms with Crippen LogP contribution in [0.4, 0.5) is 0 Å². The fourth-order valence-corrected chi connectivity index (χ4v) is 2.31. The van der Waals surface area contributed by atoms with Crippen LogP contribution in [0.1, 0.15) is 26.7 Å². The summed E-state index contributed by atoms with van der Waals surface area (Å²) in [5.41, 5.74) is 1.36. The molecule has 2 rings (SSSR count). The van der Waals surface area contributed by atoms with Crippen LogP contribution in [0.3, 0.4) is 0 Å². The molecular formula is C12H16ClN. The van der Waals surface area contributed by atoms with Crippen molar-refractivity contribution in [1.29, 1.82) is 0 Å². The second-order valence-electron chi connectivity index (χ2n) is 4.42. The third-order valence-electron chi connectivity index (χ3n) is 2.98. The molecule has 0 saturated heterocycles. The zero-order valence-electron chi connectivity index (χ0n) is 8.70. The first-order valence-corrected chi connectivity index (χ1v) is 5.65. The molecule has 2 unspecified atom stereocenters. The molecule has 0 aromatic carbocycles. The van der Waals surface area contributed by atoms with Gasteiger partial charge in [0.25, 0.3) is 0 Å². The van der Waals surface area contributed by atoms with Gasteiger partial charge in [-0.1, -0.05) is 31.5 Å². The minimum atomic E-state index is 0.329. The third-order valence-corrected chi connectivity index (χ3v) is 3.23. The molecule has 1 heterocycles. The molecule has 0 aromatic rings. The Kier molecular flexibility index (Phi) is 2.78. The van der Waals surface area contributed by atoms with Gasteiger partial charge in [0.05, 0.1) is 6.04 Å². The molecule has 0 fully saturated rings. The summed E-state index contributed by atoms with van der Waals surface area (Å²) >= 11 is 6.02. The first-order valence-electron chi connectivity index (χ1n) is 5.27. The van der Waals surface area contributed by atoms with E-state index in [1.165, 1.54) is 5.71 Å². The maximum Gasteiger partial charge on any atom is 0.0731 e. The van der Waals surface area contributed by atoms with E-state index in [4.69, 9.17) is 16.6 Å². The normalized spacial score (nSPS) is 31.1. The Morgan fingerprint density at radius 1 is 1.50 bits per heavy atom. The van der Waals surface area contributed by atoms with Crippen molar-refractivity contribution in [3.8, 4) is 0 Å². The van der Waals surface area contributed by atoms with Crippen LogP contribution in [-0.4, -0.2) is 11.8 Å². The SMILES string of the molecule is CC(C)C1=NC2C=C(Cl)C=CCC2C1. The van der Waals surface area contributed by atoms with E-state index in [0.29, 0.717) is 17.9 Å². The van der Waals surface area contributed by atoms with Gasteiger partial charge in [-0.25, -0.2) is 0 Å². The molecule has 0 radical (unpaired) electrons. The summed E-state index contributed by atoms with van der Waals surface area (Å²) in [5, 5.41) is 0.839. The Balaban J connectivity index is 2.19. The van der Waals surface area contributed by atoms with E-state index in [0.717, 1.165) is 17.9 Å². The lowest BCUT2D eigenvalue weighted by molar-refractivity contribution is 0.533. The summed E-state index contributed by atoms with van der Waals surface area (Å²) in [7, 11) is 0. The standard InChI is InChI=1S/C12H16ClN/c1-8(2)11-6-9-4-3-5-10(13)7-12(9)14-11/h3,5,7-9,12H,4,6H2,1-2H3. The Bertz CT molecular complexity index is 312. The van der Waals surface area contributed by atoms with E-state index in [1.54, 1.807) is 0 Å². The van der Waals surface area contributed by atoms with Crippen LogP contribution in [0, 0.1) is 11.8 Å². The van der Waals surface area contributed by atoms with E-state index in [1.807, 2.05) is 6.08 Å². The molecule has 76 valence electrons. The Labute approximate surface area is 90.6 Å². The quantitative estimate of drug-likeness (QED) is 0.626. The molecule has 0 bridgehead atoms. The second kappa shape index (κ2) is 3.90. The van der Waals surface area contributed by atoms with Gasteiger partial charge in [-0.3, -0.25) is 4.99 Å². The van der Waals surface area contributed by atoms with Gasteiger partial charge < -0.3 is 0 Å². The summed E-state index contributed by atoms with van der Waals surface area (Å²) in [6.07, 6.45) is 8.50. The monoisotopic (exact) mass is 209 g/mol. The van der Waals surface area contributed by atoms with Crippen molar-refractivity contribution in [3.05, 3.63) is 23.3 Å². The second-order valence-corrected chi connectivity index (χ2v) is 4.86. The molecule has 1 nitrogen and oxygen atoms in total. The maximum atomic E-state index is 6.02. The lowest BCUT2D eigenvalue weighted by Crippen LogP contribution is -2.10. The molecule has 0 spiro atoms. The molecule has 14 heavy (non-hydrogen) atoms. The topological polar surface area (TPSA) is 12.4 Å². The summed E-state index contributed by atoms with van der Waals surface area (Å²) in [4.78, 5) is 4.74. The average molecular weight is 210 g/mol. The van der Waals surface area contributed by atoms with Crippen molar-refractivity contribution in [1.82, 2.24) is 0 Å². The summed E-state index contributed by atoms with van der Waals surface area (Å²) < 4.78 is 0. The Morgan fingerprint density at radius 3 is 3.00 bits per heavy atom. The number of halogens is 1. The van der Waals surface area contributed by atoms with Gasteiger partial charge in [0, 0.05) is 10.7 Å². The van der Waals surface area contributed by atoms with Crippen LogP contribution in [0.25, 0.3) is 0 Å². The van der Waals surface area contributed by atoms with Crippen molar-refractivity contribution >= 4 is 17.3 Å². The minimum absolute atomic E-state index is 0.329. The highest BCUT2D eigenvalue weighted by Gasteiger charge is 2.28. The molecule has 0 amide bonds. The van der Waals surface area contributed by atoms with Gasteiger partial charge in [-0.15, -0.1) is 0 Å². The number of hydrogen-bond donors (Lipinski definition) is 0. The first-order chi connectivity index (χ1) is 6.66. The van der Waals surface area contributed by atoms with E-state index >= 15 is 0 Å². The minimum Gasteiger partial charge on any atom is -0.286 e. The van der Waals surface area contributed by atoms with Crippen molar-refractivity contribution in [3.63, 3.8) is 0 Å². The molecule has 0 aromatic heterocycles. The lowest BCUT2D eigenvalue weighted by Gasteiger charge is -2.10. The highest BCUT2D eigenvalue weighted by Crippen LogP contribution is 2.32. The van der Waals surface area contributed by atoms with E-state index in [-0.39, 0.29) is 0 Å². The summed E-state index contributed by atoms with van der Waals surface area (Å²) in [6, 6.07) is 0.329. The number of aliphatic imine (C=N–C) groups is 1. The smallest absolute Gasteiger partial charge is 0.0731 e. The van der Waals surface area contributed by atoms with E-state index in [2.05, 4.69) is 26.0 Å². The van der Waals surface area contributed by atoms with E-state index in [9.17, 15) is 0 Å². The zero-order valence-corrected chi connectivity index (χ0v) is 9.46. The van der Waals surface area contributed by atoms with Gasteiger partial charge in [0.15, 0.2) is 0 Å². The van der Waals surface area contributed by atoms with Crippen LogP contribution in [-0.2, 0) is 0 Å². The highest BCUT2D eigenvalue weighted by atomic mass is 35.5. The van der Waals surface area contributed by atoms with Gasteiger partial charge in [0.1, 0.15) is 0 Å². The number of nitrogens with zero attached hydrogens (tertiary/aromatic N) is 1. The number of allylic oxidation sites excluding steroid dienone is 3. The molecule has 1 aliphatic carbocycles. The molecule has 2 aliphatic rings. The maximum absolute atomic E-state index is 6.02. The molecule has 0 saturated carbocycles. The number of fused-ring (bicyclic) bond motifs is 1. The van der Waals surface area contributed by atoms with Gasteiger partial charge in [0.2, 0.25) is 0 Å². The Morgan fingerprint density at radius 2 is 2.29 bits per heavy atom. The Hall–Kier alpha value is -0.560. The van der Waals surface area contributed by atoms with E-state index < -0.39 is 0 Å². The lowest BCUT2D eigenvalue weighted by atomic mass is 9.93. The zero-order chi connectivity index (χ0) is 10.1. The summed E-state index contributed by atoms with van der Waals surface area (Å²) in [6.45, 7) is 4.43. The average Bonchev–Trinajstić information content (AvgIpc) is 2.42. The van der Waals surface area contributed by atoms with Crippen molar-refractivity contribution in [2.45, 2.75) is 32.7 Å². The fraction of sp³-hybridized carbons (Fsp3) is 0.583. The van der Waals surface area contributed by atoms with Crippen molar-refractivity contribution < 1.29 is 0 Å². The van der Waals surface area contributed by atoms with Crippen LogP contribution < -0.4 is 0 Å². The number of hydrogen-bond acceptors (Lipinski definition) is 1. The van der Waals surface area contributed by atoms with Gasteiger partial charge >= 0.3 is 0 Å². The summed E-state index contributed by atoms with van der Waals surface area (Å²) in [5.74, 6) is 1.23. The largest absolute Gasteiger partial charge is 0.286 e. The molecule has 0 N–H and O–H groups in total. The molecular weight excluding hydrogens is 194 g/mol. The number of rotatable bonds is 1. The molecule has 2 heteroatoms. The predicted octanol–water partition coefficient (Wildman–Crippen LogP) is 3.55. The predicted molar refractivity (Wildman–Crippen MR) is 61.9 cm³/mol. The molecule has 1 aliphatic heterocycles. The van der Waals surface area contributed by atoms with Crippen LogP contribution in [0.5, 0.6) is 0 Å². The molecule has 2 atom stereocenters. The third kappa shape index (κ3) is 1.93. The van der Waals surface area contributed by atoms with Crippen molar-refractivity contribution in [2.75, 3.05) is 0 Å². The van der Waals surface area contributed by atoms with Crippen molar-refractivity contribution in [2.24, 2.45) is 16.8 Å². The van der Waals surface area contributed by atoms with Crippen LogP contribution in [0.2, 0.25) is 0 Å². The first kappa shape index (κ1) is 9.97. The van der Waals surface area contributed by atoms with Crippen LogP contribution in [0.15, 0.2) is 28.3 Å². The highest BCUT2D eigenvalue weighted by molar-refractivity contribution is 6.31. The fourth-order valence-electron chi connectivity index (χ4n) is 2.09. The van der Waals surface area contributed by atoms with Crippen LogP contribution >= 0.6 is 11.6 Å².